The van der Waals surface area contributed by atoms with E-state index in [0.717, 1.165) is 6.07 Å². The number of aliphatic carboxylic acids is 1. The first-order valence-electron chi connectivity index (χ1n) is 6.30. The molecule has 0 aromatic heterocycles. The molecule has 0 aliphatic carbocycles. The highest BCUT2D eigenvalue weighted by Gasteiger charge is 2.26. The van der Waals surface area contributed by atoms with Gasteiger partial charge in [-0.3, -0.25) is 9.59 Å². The molecule has 0 bridgehead atoms. The smallest absolute Gasteiger partial charge is 0.309 e. The second-order valence-corrected chi connectivity index (χ2v) is 5.56. The lowest BCUT2D eigenvalue weighted by atomic mass is 9.90. The number of ether oxygens (including phenoxy) is 1. The minimum Gasteiger partial charge on any atom is -0.482 e. The van der Waals surface area contributed by atoms with E-state index >= 15 is 0 Å². The summed E-state index contributed by atoms with van der Waals surface area (Å²) in [6, 6.07) is 3.59. The number of halogens is 2. The fourth-order valence-corrected chi connectivity index (χ4v) is 1.63. The molecule has 0 heterocycles. The first-order chi connectivity index (χ1) is 9.72. The normalized spacial score (nSPS) is 11.0. The number of nitrogens with one attached hydrogen (secondary N) is 1. The van der Waals surface area contributed by atoms with Gasteiger partial charge >= 0.3 is 5.97 Å². The van der Waals surface area contributed by atoms with E-state index in [9.17, 15) is 14.0 Å². The van der Waals surface area contributed by atoms with Crippen molar-refractivity contribution in [1.82, 2.24) is 5.32 Å². The molecule has 0 aliphatic heterocycles. The fourth-order valence-electron chi connectivity index (χ4n) is 1.41. The number of hydrogen-bond acceptors (Lipinski definition) is 3. The van der Waals surface area contributed by atoms with Gasteiger partial charge in [-0.2, -0.15) is 0 Å². The third-order valence-corrected chi connectivity index (χ3v) is 3.20. The Morgan fingerprint density at radius 3 is 2.67 bits per heavy atom. The first-order valence-corrected chi connectivity index (χ1v) is 6.68. The largest absolute Gasteiger partial charge is 0.482 e. The number of hydrogen-bond donors (Lipinski definition) is 2. The highest BCUT2D eigenvalue weighted by Crippen LogP contribution is 2.24. The van der Waals surface area contributed by atoms with Crippen LogP contribution in [0, 0.1) is 11.2 Å². The summed E-state index contributed by atoms with van der Waals surface area (Å²) in [6.45, 7) is 3.10. The molecule has 0 saturated carbocycles. The molecule has 0 aliphatic rings. The Balaban J connectivity index is 2.36. The van der Waals surface area contributed by atoms with Gasteiger partial charge in [0.25, 0.3) is 5.91 Å². The molecule has 116 valence electrons. The lowest BCUT2D eigenvalue weighted by Crippen LogP contribution is -2.34. The summed E-state index contributed by atoms with van der Waals surface area (Å²) in [5, 5.41) is 11.6. The Kier molecular flexibility index (Phi) is 5.96. The van der Waals surface area contributed by atoms with Crippen molar-refractivity contribution in [3.05, 3.63) is 29.0 Å². The number of carboxylic acids is 1. The first kappa shape index (κ1) is 17.2. The van der Waals surface area contributed by atoms with Crippen LogP contribution in [-0.4, -0.2) is 30.1 Å². The quantitative estimate of drug-likeness (QED) is 0.810. The molecular weight excluding hydrogens is 301 g/mol. The maximum absolute atomic E-state index is 12.8. The van der Waals surface area contributed by atoms with Crippen LogP contribution in [0.4, 0.5) is 4.39 Å². The zero-order chi connectivity index (χ0) is 16.0. The third kappa shape index (κ3) is 5.59. The summed E-state index contributed by atoms with van der Waals surface area (Å²) in [6.07, 6.45) is 0.297. The van der Waals surface area contributed by atoms with Gasteiger partial charge in [0.2, 0.25) is 0 Å². The Labute approximate surface area is 127 Å². The molecule has 0 saturated heterocycles. The van der Waals surface area contributed by atoms with Gasteiger partial charge in [0, 0.05) is 6.54 Å². The number of rotatable bonds is 7. The molecule has 0 fully saturated rings. The molecule has 2 N–H and O–H groups in total. The van der Waals surface area contributed by atoms with Crippen LogP contribution in [0.25, 0.3) is 0 Å². The highest BCUT2D eigenvalue weighted by molar-refractivity contribution is 6.32. The summed E-state index contributed by atoms with van der Waals surface area (Å²) in [4.78, 5) is 22.4. The Morgan fingerprint density at radius 2 is 2.10 bits per heavy atom. The summed E-state index contributed by atoms with van der Waals surface area (Å²) in [7, 11) is 0. The maximum atomic E-state index is 12.8. The van der Waals surface area contributed by atoms with Crippen molar-refractivity contribution in [2.24, 2.45) is 5.41 Å². The molecule has 21 heavy (non-hydrogen) atoms. The van der Waals surface area contributed by atoms with E-state index in [0.29, 0.717) is 6.42 Å². The average Bonchev–Trinajstić information content (AvgIpc) is 2.37. The molecule has 0 radical (unpaired) electrons. The van der Waals surface area contributed by atoms with E-state index < -0.39 is 23.1 Å². The summed E-state index contributed by atoms with van der Waals surface area (Å²) < 4.78 is 18.0. The summed E-state index contributed by atoms with van der Waals surface area (Å²) in [5.74, 6) is -1.62. The predicted octanol–water partition coefficient (Wildman–Crippen LogP) is 2.48. The summed E-state index contributed by atoms with van der Waals surface area (Å²) in [5.41, 5.74) is -0.908. The van der Waals surface area contributed by atoms with Gasteiger partial charge in [-0.15, -0.1) is 0 Å². The molecule has 1 amide bonds. The zero-order valence-corrected chi connectivity index (χ0v) is 12.5. The van der Waals surface area contributed by atoms with Gasteiger partial charge in [0.05, 0.1) is 10.4 Å². The molecule has 7 heteroatoms. The number of carbonyl (C=O) groups is 2. The SMILES string of the molecule is CC(C)(CCNC(=O)COc1ccc(F)cc1Cl)C(=O)O. The predicted molar refractivity (Wildman–Crippen MR) is 75.9 cm³/mol. The van der Waals surface area contributed by atoms with Crippen LogP contribution in [0.1, 0.15) is 20.3 Å². The van der Waals surface area contributed by atoms with Crippen molar-refractivity contribution in [2.75, 3.05) is 13.2 Å². The van der Waals surface area contributed by atoms with E-state index in [2.05, 4.69) is 5.32 Å². The van der Waals surface area contributed by atoms with Gasteiger partial charge in [-0.05, 0) is 38.5 Å². The Morgan fingerprint density at radius 1 is 1.43 bits per heavy atom. The van der Waals surface area contributed by atoms with Crippen molar-refractivity contribution in [3.8, 4) is 5.75 Å². The molecule has 0 unspecified atom stereocenters. The minimum atomic E-state index is -0.925. The molecule has 1 rings (SSSR count). The molecule has 1 aromatic carbocycles. The Hall–Kier alpha value is -1.82. The number of carboxylic acid groups (broad SMARTS) is 1. The number of amides is 1. The van der Waals surface area contributed by atoms with Gasteiger partial charge in [0.1, 0.15) is 11.6 Å². The Bertz CT molecular complexity index is 534. The van der Waals surface area contributed by atoms with Gasteiger partial charge in [-0.25, -0.2) is 4.39 Å². The van der Waals surface area contributed by atoms with Crippen LogP contribution in [0.15, 0.2) is 18.2 Å². The zero-order valence-electron chi connectivity index (χ0n) is 11.8. The molecule has 5 nitrogen and oxygen atoms in total. The van der Waals surface area contributed by atoms with Crippen LogP contribution in [-0.2, 0) is 9.59 Å². The summed E-state index contributed by atoms with van der Waals surface area (Å²) >= 11 is 5.75. The van der Waals surface area contributed by atoms with Gasteiger partial charge in [0.15, 0.2) is 6.61 Å². The fraction of sp³-hybridized carbons (Fsp3) is 0.429. The van der Waals surface area contributed by atoms with E-state index in [1.165, 1.54) is 12.1 Å². The van der Waals surface area contributed by atoms with Gasteiger partial charge < -0.3 is 15.2 Å². The van der Waals surface area contributed by atoms with Crippen LogP contribution in [0.5, 0.6) is 5.75 Å². The van der Waals surface area contributed by atoms with Crippen molar-refractivity contribution < 1.29 is 23.8 Å². The highest BCUT2D eigenvalue weighted by atomic mass is 35.5. The number of benzene rings is 1. The van der Waals surface area contributed by atoms with Gasteiger partial charge in [-0.1, -0.05) is 11.6 Å². The van der Waals surface area contributed by atoms with E-state index in [1.54, 1.807) is 13.8 Å². The van der Waals surface area contributed by atoms with Crippen LogP contribution in [0.2, 0.25) is 5.02 Å². The monoisotopic (exact) mass is 317 g/mol. The molecular formula is C14H17ClFNO4. The van der Waals surface area contributed by atoms with Crippen molar-refractivity contribution in [1.29, 1.82) is 0 Å². The lowest BCUT2D eigenvalue weighted by Gasteiger charge is -2.18. The van der Waals surface area contributed by atoms with Crippen LogP contribution in [0.3, 0.4) is 0 Å². The van der Waals surface area contributed by atoms with Crippen molar-refractivity contribution in [3.63, 3.8) is 0 Å². The number of carbonyl (C=O) groups excluding carboxylic acids is 1. The maximum Gasteiger partial charge on any atom is 0.309 e. The minimum absolute atomic E-state index is 0.0785. The second-order valence-electron chi connectivity index (χ2n) is 5.15. The lowest BCUT2D eigenvalue weighted by molar-refractivity contribution is -0.147. The van der Waals surface area contributed by atoms with E-state index in [-0.39, 0.29) is 23.9 Å². The molecule has 0 spiro atoms. The topological polar surface area (TPSA) is 75.6 Å². The second kappa shape index (κ2) is 7.26. The van der Waals surface area contributed by atoms with Crippen LogP contribution >= 0.6 is 11.6 Å². The van der Waals surface area contributed by atoms with Crippen molar-refractivity contribution in [2.45, 2.75) is 20.3 Å². The van der Waals surface area contributed by atoms with E-state index in [1.807, 2.05) is 0 Å². The average molecular weight is 318 g/mol. The van der Waals surface area contributed by atoms with Crippen LogP contribution < -0.4 is 10.1 Å². The van der Waals surface area contributed by atoms with E-state index in [4.69, 9.17) is 21.4 Å². The third-order valence-electron chi connectivity index (χ3n) is 2.90. The molecule has 1 aromatic rings. The van der Waals surface area contributed by atoms with Crippen molar-refractivity contribution >= 4 is 23.5 Å². The molecule has 0 atom stereocenters. The standard InChI is InChI=1S/C14H17ClFNO4/c1-14(2,13(19)20)5-6-17-12(18)8-21-11-4-3-9(16)7-10(11)15/h3-4,7H,5-6,8H2,1-2H3,(H,17,18)(H,19,20).